The van der Waals surface area contributed by atoms with Gasteiger partial charge in [-0.2, -0.15) is 0 Å². The van der Waals surface area contributed by atoms with Crippen molar-refractivity contribution in [3.63, 3.8) is 0 Å². The molecule has 0 aliphatic carbocycles. The number of rotatable bonds is 9. The van der Waals surface area contributed by atoms with Crippen LogP contribution in [0.5, 0.6) is 0 Å². The van der Waals surface area contributed by atoms with Crippen molar-refractivity contribution in [2.75, 3.05) is 0 Å². The fraction of sp³-hybridized carbons (Fsp3) is 0.391. The Hall–Kier alpha value is -3.22. The molecule has 0 heterocycles. The van der Waals surface area contributed by atoms with E-state index < -0.39 is 11.0 Å². The number of carbonyl (C=O) groups is 2. The quantitative estimate of drug-likeness (QED) is 0.502. The third-order valence-corrected chi connectivity index (χ3v) is 5.30. The Morgan fingerprint density at radius 3 is 2.27 bits per heavy atom. The molecule has 7 heteroatoms. The number of nitrogens with zero attached hydrogens (tertiary/aromatic N) is 2. The monoisotopic (exact) mass is 411 g/mol. The van der Waals surface area contributed by atoms with Gasteiger partial charge in [0.15, 0.2) is 0 Å². The van der Waals surface area contributed by atoms with Crippen LogP contribution in [0.15, 0.2) is 48.5 Å². The zero-order valence-electron chi connectivity index (χ0n) is 17.9. The molecule has 0 spiro atoms. The van der Waals surface area contributed by atoms with Gasteiger partial charge < -0.3 is 10.2 Å². The number of benzene rings is 2. The van der Waals surface area contributed by atoms with E-state index in [2.05, 4.69) is 5.32 Å². The van der Waals surface area contributed by atoms with Crippen molar-refractivity contribution >= 4 is 17.5 Å². The molecule has 0 aliphatic rings. The van der Waals surface area contributed by atoms with Crippen molar-refractivity contribution in [3.05, 3.63) is 75.3 Å². The summed E-state index contributed by atoms with van der Waals surface area (Å²) in [5, 5.41) is 14.2. The first-order chi connectivity index (χ1) is 14.2. The van der Waals surface area contributed by atoms with Gasteiger partial charge in [0.05, 0.1) is 11.3 Å². The SMILES string of the molecule is CC[C@H](C)NC(=O)[C@H](C)N(Cc1ccccc1C)C(=O)Cc1ccccc1[N+](=O)[O-]. The lowest BCUT2D eigenvalue weighted by Gasteiger charge is -2.30. The van der Waals surface area contributed by atoms with Crippen LogP contribution in [0.3, 0.4) is 0 Å². The second kappa shape index (κ2) is 10.5. The van der Waals surface area contributed by atoms with Gasteiger partial charge in [-0.3, -0.25) is 19.7 Å². The number of aryl methyl sites for hydroxylation is 1. The lowest BCUT2D eigenvalue weighted by atomic mass is 10.0. The van der Waals surface area contributed by atoms with Gasteiger partial charge in [0.25, 0.3) is 5.69 Å². The van der Waals surface area contributed by atoms with E-state index in [0.717, 1.165) is 17.5 Å². The van der Waals surface area contributed by atoms with Crippen molar-refractivity contribution in [1.82, 2.24) is 10.2 Å². The van der Waals surface area contributed by atoms with Crippen molar-refractivity contribution in [2.45, 2.75) is 59.2 Å². The zero-order chi connectivity index (χ0) is 22.3. The Morgan fingerprint density at radius 2 is 1.67 bits per heavy atom. The van der Waals surface area contributed by atoms with Gasteiger partial charge in [-0.15, -0.1) is 0 Å². The van der Waals surface area contributed by atoms with Crippen molar-refractivity contribution in [2.24, 2.45) is 0 Å². The lowest BCUT2D eigenvalue weighted by molar-refractivity contribution is -0.385. The lowest BCUT2D eigenvalue weighted by Crippen LogP contribution is -2.50. The number of hydrogen-bond donors (Lipinski definition) is 1. The predicted octanol–water partition coefficient (Wildman–Crippen LogP) is 3.78. The molecule has 0 fully saturated rings. The Bertz CT molecular complexity index is 913. The summed E-state index contributed by atoms with van der Waals surface area (Å²) < 4.78 is 0. The maximum Gasteiger partial charge on any atom is 0.273 e. The number of hydrogen-bond acceptors (Lipinski definition) is 4. The molecule has 0 saturated heterocycles. The van der Waals surface area contributed by atoms with Crippen LogP contribution in [-0.2, 0) is 22.6 Å². The second-order valence-corrected chi connectivity index (χ2v) is 7.50. The average molecular weight is 412 g/mol. The molecule has 2 aromatic carbocycles. The molecule has 2 rings (SSSR count). The third-order valence-electron chi connectivity index (χ3n) is 5.30. The molecular weight excluding hydrogens is 382 g/mol. The molecule has 30 heavy (non-hydrogen) atoms. The molecule has 0 radical (unpaired) electrons. The van der Waals surface area contributed by atoms with Crippen LogP contribution in [0.1, 0.15) is 43.9 Å². The van der Waals surface area contributed by atoms with Gasteiger partial charge in [0.1, 0.15) is 6.04 Å². The highest BCUT2D eigenvalue weighted by Gasteiger charge is 2.28. The molecule has 1 N–H and O–H groups in total. The molecule has 160 valence electrons. The summed E-state index contributed by atoms with van der Waals surface area (Å²) in [6, 6.07) is 13.1. The van der Waals surface area contributed by atoms with Gasteiger partial charge in [-0.1, -0.05) is 49.4 Å². The van der Waals surface area contributed by atoms with Crippen LogP contribution >= 0.6 is 0 Å². The minimum atomic E-state index is -0.714. The number of nitro groups is 1. The van der Waals surface area contributed by atoms with E-state index in [1.54, 1.807) is 25.1 Å². The Balaban J connectivity index is 2.32. The predicted molar refractivity (Wildman–Crippen MR) is 116 cm³/mol. The van der Waals surface area contributed by atoms with Crippen molar-refractivity contribution in [3.8, 4) is 0 Å². The van der Waals surface area contributed by atoms with Gasteiger partial charge in [-0.05, 0) is 38.3 Å². The first kappa shape index (κ1) is 23.1. The van der Waals surface area contributed by atoms with Gasteiger partial charge in [0, 0.05) is 24.2 Å². The summed E-state index contributed by atoms with van der Waals surface area (Å²) in [4.78, 5) is 38.3. The standard InChI is InChI=1S/C23H29N3O4/c1-5-17(3)24-23(28)18(4)25(15-20-12-7-6-10-16(20)2)22(27)14-19-11-8-9-13-21(19)26(29)30/h6-13,17-18H,5,14-15H2,1-4H3,(H,24,28)/t17-,18-/m0/s1. The second-order valence-electron chi connectivity index (χ2n) is 7.50. The van der Waals surface area contributed by atoms with E-state index in [1.807, 2.05) is 45.0 Å². The highest BCUT2D eigenvalue weighted by Crippen LogP contribution is 2.21. The Kier molecular flexibility index (Phi) is 8.09. The molecule has 0 unspecified atom stereocenters. The summed E-state index contributed by atoms with van der Waals surface area (Å²) in [6.45, 7) is 7.77. The molecular formula is C23H29N3O4. The number of carbonyl (C=O) groups excluding carboxylic acids is 2. The Labute approximate surface area is 177 Å². The molecule has 2 amide bonds. The molecule has 0 bridgehead atoms. The first-order valence-electron chi connectivity index (χ1n) is 10.1. The third kappa shape index (κ3) is 5.89. The van der Waals surface area contributed by atoms with E-state index in [-0.39, 0.29) is 36.5 Å². The summed E-state index contributed by atoms with van der Waals surface area (Å²) in [5.41, 5.74) is 2.17. The molecule has 2 atom stereocenters. The number of amides is 2. The van der Waals surface area contributed by atoms with E-state index >= 15 is 0 Å². The maximum atomic E-state index is 13.2. The van der Waals surface area contributed by atoms with Crippen LogP contribution in [0.4, 0.5) is 5.69 Å². The summed E-state index contributed by atoms with van der Waals surface area (Å²) in [5.74, 6) is -0.576. The topological polar surface area (TPSA) is 92.6 Å². The zero-order valence-corrected chi connectivity index (χ0v) is 17.9. The van der Waals surface area contributed by atoms with Crippen molar-refractivity contribution in [1.29, 1.82) is 0 Å². The minimum absolute atomic E-state index is 0.00873. The fourth-order valence-electron chi connectivity index (χ4n) is 3.12. The van der Waals surface area contributed by atoms with Gasteiger partial charge >= 0.3 is 0 Å². The molecule has 2 aromatic rings. The number of nitro benzene ring substituents is 1. The van der Waals surface area contributed by atoms with E-state index in [0.29, 0.717) is 5.56 Å². The average Bonchev–Trinajstić information content (AvgIpc) is 2.72. The van der Waals surface area contributed by atoms with Crippen LogP contribution in [-0.4, -0.2) is 33.7 Å². The summed E-state index contributed by atoms with van der Waals surface area (Å²) in [7, 11) is 0. The van der Waals surface area contributed by atoms with Gasteiger partial charge in [0.2, 0.25) is 11.8 Å². The summed E-state index contributed by atoms with van der Waals surface area (Å²) in [6.07, 6.45) is 0.629. The van der Waals surface area contributed by atoms with E-state index in [9.17, 15) is 19.7 Å². The van der Waals surface area contributed by atoms with Crippen LogP contribution in [0.25, 0.3) is 0 Å². The molecule has 0 saturated carbocycles. The molecule has 0 aliphatic heterocycles. The van der Waals surface area contributed by atoms with E-state index in [4.69, 9.17) is 0 Å². The smallest absolute Gasteiger partial charge is 0.273 e. The maximum absolute atomic E-state index is 13.2. The highest BCUT2D eigenvalue weighted by molar-refractivity contribution is 5.88. The van der Waals surface area contributed by atoms with Crippen LogP contribution < -0.4 is 5.32 Å². The molecule has 7 nitrogen and oxygen atoms in total. The van der Waals surface area contributed by atoms with Crippen molar-refractivity contribution < 1.29 is 14.5 Å². The van der Waals surface area contributed by atoms with Crippen LogP contribution in [0, 0.1) is 17.0 Å². The van der Waals surface area contributed by atoms with E-state index in [1.165, 1.54) is 11.0 Å². The molecule has 0 aromatic heterocycles. The Morgan fingerprint density at radius 1 is 1.07 bits per heavy atom. The number of nitrogens with one attached hydrogen (secondary N) is 1. The minimum Gasteiger partial charge on any atom is -0.352 e. The highest BCUT2D eigenvalue weighted by atomic mass is 16.6. The number of para-hydroxylation sites is 1. The first-order valence-corrected chi connectivity index (χ1v) is 10.1. The summed E-state index contributed by atoms with van der Waals surface area (Å²) >= 11 is 0. The van der Waals surface area contributed by atoms with Gasteiger partial charge in [-0.25, -0.2) is 0 Å². The van der Waals surface area contributed by atoms with Crippen LogP contribution in [0.2, 0.25) is 0 Å². The fourth-order valence-corrected chi connectivity index (χ4v) is 3.12. The largest absolute Gasteiger partial charge is 0.352 e. The normalized spacial score (nSPS) is 12.7.